The van der Waals surface area contributed by atoms with Gasteiger partial charge in [-0.1, -0.05) is 18.5 Å². The highest BCUT2D eigenvalue weighted by atomic mass is 35.5. The normalized spacial score (nSPS) is 11.0. The van der Waals surface area contributed by atoms with Crippen LogP contribution in [0.1, 0.15) is 51.4 Å². The lowest BCUT2D eigenvalue weighted by Gasteiger charge is -2.23. The fourth-order valence-electron chi connectivity index (χ4n) is 2.26. The number of nitrogens with zero attached hydrogens (tertiary/aromatic N) is 1. The molecule has 0 heterocycles. The third-order valence-corrected chi connectivity index (χ3v) is 3.53. The van der Waals surface area contributed by atoms with E-state index in [2.05, 4.69) is 5.32 Å². The van der Waals surface area contributed by atoms with Crippen molar-refractivity contribution >= 4 is 23.4 Å². The summed E-state index contributed by atoms with van der Waals surface area (Å²) in [6.07, 6.45) is 0.828. The Labute approximate surface area is 160 Å². The highest BCUT2D eigenvalue weighted by Crippen LogP contribution is 2.37. The van der Waals surface area contributed by atoms with E-state index >= 15 is 0 Å². The molecule has 0 saturated carbocycles. The number of nitrogens with one attached hydrogen (secondary N) is 1. The van der Waals surface area contributed by atoms with Gasteiger partial charge in [0, 0.05) is 18.2 Å². The molecule has 146 valence electrons. The van der Waals surface area contributed by atoms with Crippen LogP contribution in [0.25, 0.3) is 0 Å². The highest BCUT2D eigenvalue weighted by Gasteiger charge is 2.21. The molecule has 26 heavy (non-hydrogen) atoms. The van der Waals surface area contributed by atoms with Gasteiger partial charge in [-0.15, -0.1) is 0 Å². The van der Waals surface area contributed by atoms with Crippen molar-refractivity contribution < 1.29 is 19.1 Å². The van der Waals surface area contributed by atoms with Crippen molar-refractivity contribution in [3.8, 4) is 11.5 Å². The van der Waals surface area contributed by atoms with E-state index in [9.17, 15) is 9.59 Å². The van der Waals surface area contributed by atoms with Crippen LogP contribution in [0.3, 0.4) is 0 Å². The first-order valence-electron chi connectivity index (χ1n) is 8.74. The Hall–Kier alpha value is -1.95. The minimum absolute atomic E-state index is 0.0498. The Bertz CT molecular complexity index is 641. The van der Waals surface area contributed by atoms with Crippen LogP contribution in [-0.4, -0.2) is 49.1 Å². The molecular weight excluding hydrogens is 356 g/mol. The van der Waals surface area contributed by atoms with Crippen molar-refractivity contribution in [2.75, 3.05) is 26.8 Å². The van der Waals surface area contributed by atoms with Crippen LogP contribution in [0, 0.1) is 0 Å². The molecule has 0 unspecified atom stereocenters. The monoisotopic (exact) mass is 384 g/mol. The third kappa shape index (κ3) is 6.75. The molecular formula is C19H29ClN2O4. The van der Waals surface area contributed by atoms with Gasteiger partial charge in [0.25, 0.3) is 5.91 Å². The van der Waals surface area contributed by atoms with Crippen molar-refractivity contribution in [3.63, 3.8) is 0 Å². The van der Waals surface area contributed by atoms with E-state index in [0.29, 0.717) is 35.3 Å². The van der Waals surface area contributed by atoms with Crippen molar-refractivity contribution in [2.45, 2.75) is 46.6 Å². The van der Waals surface area contributed by atoms with Gasteiger partial charge in [-0.2, -0.15) is 0 Å². The fraction of sp³-hybridized carbons (Fsp3) is 0.579. The highest BCUT2D eigenvalue weighted by molar-refractivity contribution is 6.32. The Morgan fingerprint density at radius 1 is 1.19 bits per heavy atom. The zero-order valence-corrected chi connectivity index (χ0v) is 17.2. The quantitative estimate of drug-likeness (QED) is 0.744. The molecule has 2 amide bonds. The smallest absolute Gasteiger partial charge is 0.254 e. The molecule has 0 spiro atoms. The van der Waals surface area contributed by atoms with Crippen LogP contribution in [0.2, 0.25) is 5.02 Å². The zero-order valence-electron chi connectivity index (χ0n) is 16.4. The van der Waals surface area contributed by atoms with Gasteiger partial charge in [-0.25, -0.2) is 0 Å². The van der Waals surface area contributed by atoms with E-state index < -0.39 is 0 Å². The average molecular weight is 385 g/mol. The van der Waals surface area contributed by atoms with E-state index in [1.54, 1.807) is 13.1 Å². The first kappa shape index (κ1) is 22.1. The molecule has 0 fully saturated rings. The minimum Gasteiger partial charge on any atom is -0.490 e. The molecule has 0 aliphatic heterocycles. The second-order valence-corrected chi connectivity index (χ2v) is 7.43. The summed E-state index contributed by atoms with van der Waals surface area (Å²) in [5, 5.41) is 3.13. The van der Waals surface area contributed by atoms with Gasteiger partial charge < -0.3 is 19.7 Å². The Balaban J connectivity index is 2.99. The maximum absolute atomic E-state index is 12.7. The number of carbonyl (C=O) groups excluding carboxylic acids is 2. The molecule has 0 bridgehead atoms. The predicted octanol–water partition coefficient (Wildman–Crippen LogP) is 3.51. The van der Waals surface area contributed by atoms with Crippen LogP contribution in [0.15, 0.2) is 12.1 Å². The number of hydrogen-bond donors (Lipinski definition) is 1. The summed E-state index contributed by atoms with van der Waals surface area (Å²) in [6.45, 7) is 10.4. The van der Waals surface area contributed by atoms with Crippen LogP contribution < -0.4 is 14.8 Å². The van der Waals surface area contributed by atoms with Crippen LogP contribution in [0.5, 0.6) is 11.5 Å². The Kier molecular flexibility index (Phi) is 8.21. The predicted molar refractivity (Wildman–Crippen MR) is 103 cm³/mol. The van der Waals surface area contributed by atoms with Gasteiger partial charge in [0.05, 0.1) is 24.8 Å². The first-order valence-corrected chi connectivity index (χ1v) is 9.12. The number of halogens is 1. The third-order valence-electron chi connectivity index (χ3n) is 3.25. The van der Waals surface area contributed by atoms with Gasteiger partial charge >= 0.3 is 0 Å². The molecule has 1 aromatic rings. The molecule has 7 heteroatoms. The molecule has 0 atom stereocenters. The lowest BCUT2D eigenvalue weighted by molar-refractivity contribution is -0.122. The molecule has 0 aromatic heterocycles. The summed E-state index contributed by atoms with van der Waals surface area (Å²) in [5.41, 5.74) is -0.0154. The van der Waals surface area contributed by atoms with Crippen molar-refractivity contribution in [2.24, 2.45) is 0 Å². The van der Waals surface area contributed by atoms with Gasteiger partial charge in [0.2, 0.25) is 5.91 Å². The number of ether oxygens (including phenoxy) is 2. The molecule has 6 nitrogen and oxygen atoms in total. The first-order chi connectivity index (χ1) is 12.1. The van der Waals surface area contributed by atoms with Gasteiger partial charge in [-0.05, 0) is 46.2 Å². The molecule has 1 N–H and O–H groups in total. The standard InChI is InChI=1S/C19H29ClN2O4/c1-7-9-26-17-14(20)10-13(11-15(17)25-8-2)18(24)22(6)12-16(23)21-19(3,4)5/h10-11H,7-9,12H2,1-6H3,(H,21,23). The number of likely N-dealkylation sites (N-methyl/N-ethyl adjacent to an activating group) is 1. The van der Waals surface area contributed by atoms with Crippen molar-refractivity contribution in [1.29, 1.82) is 0 Å². The average Bonchev–Trinajstić information content (AvgIpc) is 2.51. The maximum Gasteiger partial charge on any atom is 0.254 e. The summed E-state index contributed by atoms with van der Waals surface area (Å²) in [4.78, 5) is 26.1. The maximum atomic E-state index is 12.7. The van der Waals surface area contributed by atoms with E-state index in [4.69, 9.17) is 21.1 Å². The molecule has 0 saturated heterocycles. The number of benzene rings is 1. The van der Waals surface area contributed by atoms with Crippen LogP contribution in [0.4, 0.5) is 0 Å². The summed E-state index contributed by atoms with van der Waals surface area (Å²) in [7, 11) is 1.57. The second-order valence-electron chi connectivity index (χ2n) is 7.03. The number of amides is 2. The number of rotatable bonds is 8. The van der Waals surface area contributed by atoms with E-state index in [1.807, 2.05) is 34.6 Å². The van der Waals surface area contributed by atoms with E-state index in [0.717, 1.165) is 6.42 Å². The molecule has 0 aliphatic carbocycles. The summed E-state index contributed by atoms with van der Waals surface area (Å²) in [6, 6.07) is 3.14. The summed E-state index contributed by atoms with van der Waals surface area (Å²) in [5.74, 6) is 0.302. The summed E-state index contributed by atoms with van der Waals surface area (Å²) >= 11 is 6.29. The lowest BCUT2D eigenvalue weighted by atomic mass is 10.1. The molecule has 1 aromatic carbocycles. The summed E-state index contributed by atoms with van der Waals surface area (Å²) < 4.78 is 11.2. The van der Waals surface area contributed by atoms with Crippen LogP contribution in [-0.2, 0) is 4.79 Å². The fourth-order valence-corrected chi connectivity index (χ4v) is 2.53. The number of hydrogen-bond acceptors (Lipinski definition) is 4. The molecule has 1 rings (SSSR count). The zero-order chi connectivity index (χ0) is 19.9. The Morgan fingerprint density at radius 3 is 2.38 bits per heavy atom. The van der Waals surface area contributed by atoms with Crippen LogP contribution >= 0.6 is 11.6 Å². The molecule has 0 radical (unpaired) electrons. The minimum atomic E-state index is -0.356. The Morgan fingerprint density at radius 2 is 1.85 bits per heavy atom. The second kappa shape index (κ2) is 9.67. The van der Waals surface area contributed by atoms with Gasteiger partial charge in [0.1, 0.15) is 0 Å². The SMILES string of the molecule is CCCOc1c(Cl)cc(C(=O)N(C)CC(=O)NC(C)(C)C)cc1OCC. The largest absolute Gasteiger partial charge is 0.490 e. The lowest BCUT2D eigenvalue weighted by Crippen LogP contribution is -2.46. The topological polar surface area (TPSA) is 67.9 Å². The van der Waals surface area contributed by atoms with E-state index in [-0.39, 0.29) is 23.9 Å². The van der Waals surface area contributed by atoms with Gasteiger partial charge in [0.15, 0.2) is 11.5 Å². The number of carbonyl (C=O) groups is 2. The van der Waals surface area contributed by atoms with E-state index in [1.165, 1.54) is 11.0 Å². The van der Waals surface area contributed by atoms with Crippen molar-refractivity contribution in [1.82, 2.24) is 10.2 Å². The molecule has 0 aliphatic rings. The van der Waals surface area contributed by atoms with Crippen molar-refractivity contribution in [3.05, 3.63) is 22.7 Å². The van der Waals surface area contributed by atoms with Gasteiger partial charge in [-0.3, -0.25) is 9.59 Å².